The van der Waals surface area contributed by atoms with E-state index >= 15 is 0 Å². The summed E-state index contributed by atoms with van der Waals surface area (Å²) in [6.45, 7) is 1.84. The molecule has 1 aromatic rings. The summed E-state index contributed by atoms with van der Waals surface area (Å²) in [5, 5.41) is 18.9. The second-order valence-electron chi connectivity index (χ2n) is 2.83. The van der Waals surface area contributed by atoms with Crippen LogP contribution in [0.1, 0.15) is 25.0 Å². The van der Waals surface area contributed by atoms with Gasteiger partial charge in [0.05, 0.1) is 6.10 Å². The standard InChI is InChI=1S/C10H14O2/c1-2-9(11)10(12)8-6-4-3-5-7-8/h3-7,9-12H,2H2,1H3. The Hall–Kier alpha value is -0.860. The molecule has 2 unspecified atom stereocenters. The Bertz CT molecular complexity index is 221. The van der Waals surface area contributed by atoms with Gasteiger partial charge in [-0.1, -0.05) is 37.3 Å². The van der Waals surface area contributed by atoms with Gasteiger partial charge in [-0.15, -0.1) is 0 Å². The summed E-state index contributed by atoms with van der Waals surface area (Å²) in [6.07, 6.45) is -0.848. The van der Waals surface area contributed by atoms with Crippen molar-refractivity contribution >= 4 is 0 Å². The Balaban J connectivity index is 2.71. The van der Waals surface area contributed by atoms with Crippen molar-refractivity contribution in [2.45, 2.75) is 25.6 Å². The fourth-order valence-electron chi connectivity index (χ4n) is 1.10. The Morgan fingerprint density at radius 2 is 1.75 bits per heavy atom. The van der Waals surface area contributed by atoms with Gasteiger partial charge in [-0.3, -0.25) is 0 Å². The molecule has 0 heterocycles. The monoisotopic (exact) mass is 166 g/mol. The van der Waals surface area contributed by atoms with E-state index in [1.165, 1.54) is 0 Å². The van der Waals surface area contributed by atoms with Gasteiger partial charge in [0, 0.05) is 0 Å². The maximum Gasteiger partial charge on any atom is 0.105 e. The topological polar surface area (TPSA) is 40.5 Å². The molecule has 1 rings (SSSR count). The van der Waals surface area contributed by atoms with Gasteiger partial charge < -0.3 is 10.2 Å². The average molecular weight is 166 g/mol. The Morgan fingerprint density at radius 1 is 1.17 bits per heavy atom. The third-order valence-electron chi connectivity index (χ3n) is 1.92. The zero-order valence-electron chi connectivity index (χ0n) is 7.14. The van der Waals surface area contributed by atoms with E-state index in [9.17, 15) is 10.2 Å². The van der Waals surface area contributed by atoms with Crippen LogP contribution in [0.25, 0.3) is 0 Å². The van der Waals surface area contributed by atoms with Crippen molar-refractivity contribution in [1.29, 1.82) is 0 Å². The lowest BCUT2D eigenvalue weighted by Gasteiger charge is -2.15. The van der Waals surface area contributed by atoms with E-state index in [1.807, 2.05) is 37.3 Å². The molecule has 2 N–H and O–H groups in total. The van der Waals surface area contributed by atoms with Gasteiger partial charge in [-0.2, -0.15) is 0 Å². The number of aliphatic hydroxyl groups is 2. The van der Waals surface area contributed by atoms with Gasteiger partial charge in [0.15, 0.2) is 0 Å². The summed E-state index contributed by atoms with van der Waals surface area (Å²) < 4.78 is 0. The molecule has 2 nitrogen and oxygen atoms in total. The van der Waals surface area contributed by atoms with E-state index in [0.29, 0.717) is 6.42 Å². The van der Waals surface area contributed by atoms with Crippen molar-refractivity contribution in [3.63, 3.8) is 0 Å². The summed E-state index contributed by atoms with van der Waals surface area (Å²) in [5.41, 5.74) is 0.770. The predicted molar refractivity (Wildman–Crippen MR) is 47.7 cm³/mol. The summed E-state index contributed by atoms with van der Waals surface area (Å²) >= 11 is 0. The van der Waals surface area contributed by atoms with Gasteiger partial charge in [0.1, 0.15) is 6.10 Å². The second kappa shape index (κ2) is 4.24. The molecule has 2 atom stereocenters. The zero-order chi connectivity index (χ0) is 8.97. The number of aliphatic hydroxyl groups excluding tert-OH is 2. The zero-order valence-corrected chi connectivity index (χ0v) is 7.14. The van der Waals surface area contributed by atoms with Crippen LogP contribution in [0, 0.1) is 0 Å². The largest absolute Gasteiger partial charge is 0.390 e. The van der Waals surface area contributed by atoms with Crippen LogP contribution in [0.4, 0.5) is 0 Å². The molecule has 0 aliphatic heterocycles. The maximum absolute atomic E-state index is 9.54. The molecule has 0 aliphatic carbocycles. The van der Waals surface area contributed by atoms with Gasteiger partial charge in [-0.25, -0.2) is 0 Å². The van der Waals surface area contributed by atoms with Gasteiger partial charge in [0.2, 0.25) is 0 Å². The van der Waals surface area contributed by atoms with Crippen LogP contribution in [0.15, 0.2) is 30.3 Å². The molecule has 0 bridgehead atoms. The van der Waals surface area contributed by atoms with Crippen LogP contribution in [0.5, 0.6) is 0 Å². The quantitative estimate of drug-likeness (QED) is 0.714. The van der Waals surface area contributed by atoms with E-state index in [0.717, 1.165) is 5.56 Å². The number of hydrogen-bond acceptors (Lipinski definition) is 2. The fraction of sp³-hybridized carbons (Fsp3) is 0.400. The first-order valence-corrected chi connectivity index (χ1v) is 4.16. The first-order valence-electron chi connectivity index (χ1n) is 4.16. The van der Waals surface area contributed by atoms with Gasteiger partial charge >= 0.3 is 0 Å². The van der Waals surface area contributed by atoms with E-state index in [1.54, 1.807) is 0 Å². The minimum atomic E-state index is -0.754. The summed E-state index contributed by atoms with van der Waals surface area (Å²) in [6, 6.07) is 9.20. The molecule has 0 fully saturated rings. The normalized spacial score (nSPS) is 15.6. The van der Waals surface area contributed by atoms with E-state index in [-0.39, 0.29) is 0 Å². The van der Waals surface area contributed by atoms with Crippen molar-refractivity contribution in [2.75, 3.05) is 0 Å². The molecule has 66 valence electrons. The molecule has 0 aliphatic rings. The van der Waals surface area contributed by atoms with Crippen molar-refractivity contribution < 1.29 is 10.2 Å². The molecule has 0 spiro atoms. The van der Waals surface area contributed by atoms with Crippen LogP contribution in [0.3, 0.4) is 0 Å². The average Bonchev–Trinajstić information content (AvgIpc) is 2.17. The van der Waals surface area contributed by atoms with E-state index in [2.05, 4.69) is 0 Å². The first-order chi connectivity index (χ1) is 5.75. The highest BCUT2D eigenvalue weighted by Gasteiger charge is 2.15. The third kappa shape index (κ3) is 2.06. The maximum atomic E-state index is 9.54. The van der Waals surface area contributed by atoms with Crippen molar-refractivity contribution in [1.82, 2.24) is 0 Å². The third-order valence-corrected chi connectivity index (χ3v) is 1.92. The molecule has 0 radical (unpaired) electrons. The minimum absolute atomic E-state index is 0.566. The Labute approximate surface area is 72.5 Å². The molecular weight excluding hydrogens is 152 g/mol. The summed E-state index contributed by atoms with van der Waals surface area (Å²) in [4.78, 5) is 0. The van der Waals surface area contributed by atoms with Crippen molar-refractivity contribution in [2.24, 2.45) is 0 Å². The molecule has 0 amide bonds. The smallest absolute Gasteiger partial charge is 0.105 e. The van der Waals surface area contributed by atoms with Crippen LogP contribution in [0.2, 0.25) is 0 Å². The molecule has 12 heavy (non-hydrogen) atoms. The molecule has 0 saturated heterocycles. The van der Waals surface area contributed by atoms with E-state index < -0.39 is 12.2 Å². The highest BCUT2D eigenvalue weighted by atomic mass is 16.3. The fourth-order valence-corrected chi connectivity index (χ4v) is 1.10. The van der Waals surface area contributed by atoms with Crippen LogP contribution >= 0.6 is 0 Å². The molecule has 0 aromatic heterocycles. The number of hydrogen-bond donors (Lipinski definition) is 2. The summed E-state index contributed by atoms with van der Waals surface area (Å²) in [7, 11) is 0. The Kier molecular flexibility index (Phi) is 3.26. The van der Waals surface area contributed by atoms with Gasteiger partial charge in [0.25, 0.3) is 0 Å². The molecule has 0 saturated carbocycles. The second-order valence-corrected chi connectivity index (χ2v) is 2.83. The molecular formula is C10H14O2. The predicted octanol–water partition coefficient (Wildman–Crippen LogP) is 1.49. The number of rotatable bonds is 3. The lowest BCUT2D eigenvalue weighted by Crippen LogP contribution is -2.16. The van der Waals surface area contributed by atoms with Crippen LogP contribution in [-0.2, 0) is 0 Å². The van der Waals surface area contributed by atoms with E-state index in [4.69, 9.17) is 0 Å². The molecule has 1 aromatic carbocycles. The van der Waals surface area contributed by atoms with Crippen molar-refractivity contribution in [3.8, 4) is 0 Å². The minimum Gasteiger partial charge on any atom is -0.390 e. The van der Waals surface area contributed by atoms with Crippen molar-refractivity contribution in [3.05, 3.63) is 35.9 Å². The van der Waals surface area contributed by atoms with Crippen LogP contribution in [-0.4, -0.2) is 16.3 Å². The first kappa shape index (κ1) is 9.23. The highest BCUT2D eigenvalue weighted by molar-refractivity contribution is 5.18. The lowest BCUT2D eigenvalue weighted by atomic mass is 10.0. The van der Waals surface area contributed by atoms with Crippen LogP contribution < -0.4 is 0 Å². The lowest BCUT2D eigenvalue weighted by molar-refractivity contribution is 0.0165. The number of benzene rings is 1. The molecule has 2 heteroatoms. The van der Waals surface area contributed by atoms with Gasteiger partial charge in [-0.05, 0) is 12.0 Å². The summed E-state index contributed by atoms with van der Waals surface area (Å²) in [5.74, 6) is 0. The highest BCUT2D eigenvalue weighted by Crippen LogP contribution is 2.17. The SMILES string of the molecule is CCC(O)C(O)c1ccccc1. The Morgan fingerprint density at radius 3 is 2.25 bits per heavy atom.